The van der Waals surface area contributed by atoms with E-state index in [0.717, 1.165) is 17.6 Å². The van der Waals surface area contributed by atoms with Gasteiger partial charge in [-0.05, 0) is 29.7 Å². The molecule has 0 spiro atoms. The summed E-state index contributed by atoms with van der Waals surface area (Å²) in [5, 5.41) is 0. The summed E-state index contributed by atoms with van der Waals surface area (Å²) in [6.07, 6.45) is 1.34. The van der Waals surface area contributed by atoms with Crippen LogP contribution in [0.1, 0.15) is 12.0 Å². The Morgan fingerprint density at radius 2 is 2.31 bits per heavy atom. The van der Waals surface area contributed by atoms with Crippen molar-refractivity contribution in [2.24, 2.45) is 0 Å². The van der Waals surface area contributed by atoms with Gasteiger partial charge in [-0.25, -0.2) is 0 Å². The largest absolute Gasteiger partial charge is 0.497 e. The molecule has 1 rings (SSSR count). The minimum Gasteiger partial charge on any atom is -0.497 e. The molecular weight excluding hydrogens is 204 g/mol. The Balaban J connectivity index is 2.31. The maximum atomic E-state index is 10.3. The predicted molar refractivity (Wildman–Crippen MR) is 62.5 cm³/mol. The minimum atomic E-state index is 0.509. The number of aldehydes is 1. The highest BCUT2D eigenvalue weighted by Crippen LogP contribution is 2.13. The number of carbonyl (C=O) groups is 1. The molecule has 0 aromatic heterocycles. The summed E-state index contributed by atoms with van der Waals surface area (Å²) in [6, 6.07) is 7.70. The van der Waals surface area contributed by atoms with Gasteiger partial charge in [-0.2, -0.15) is 0 Å². The molecule has 0 saturated heterocycles. The van der Waals surface area contributed by atoms with Gasteiger partial charge in [0.05, 0.1) is 20.3 Å². The van der Waals surface area contributed by atoms with Gasteiger partial charge >= 0.3 is 0 Å². The molecule has 1 aromatic rings. The molecule has 0 unspecified atom stereocenters. The molecule has 0 fully saturated rings. The van der Waals surface area contributed by atoms with Crippen molar-refractivity contribution in [1.29, 1.82) is 0 Å². The van der Waals surface area contributed by atoms with E-state index in [0.29, 0.717) is 25.2 Å². The van der Waals surface area contributed by atoms with Gasteiger partial charge in [0.1, 0.15) is 12.0 Å². The quantitative estimate of drug-likeness (QED) is 0.402. The van der Waals surface area contributed by atoms with Crippen LogP contribution in [0.4, 0.5) is 0 Å². The zero-order valence-corrected chi connectivity index (χ0v) is 9.44. The fraction of sp³-hybridized carbons (Fsp3) is 0.308. The number of carbonyl (C=O) groups excluding carboxylic acids is 1. The molecule has 0 aliphatic heterocycles. The van der Waals surface area contributed by atoms with Crippen LogP contribution in [0.5, 0.6) is 5.75 Å². The molecule has 0 aliphatic rings. The molecule has 3 nitrogen and oxygen atoms in total. The fourth-order valence-corrected chi connectivity index (χ4v) is 1.21. The lowest BCUT2D eigenvalue weighted by atomic mass is 10.2. The van der Waals surface area contributed by atoms with Crippen LogP contribution in [0.15, 0.2) is 36.4 Å². The van der Waals surface area contributed by atoms with Gasteiger partial charge in [0.2, 0.25) is 0 Å². The molecule has 3 heteroatoms. The highest BCUT2D eigenvalue weighted by atomic mass is 16.5. The monoisotopic (exact) mass is 220 g/mol. The molecule has 0 N–H and O–H groups in total. The zero-order chi connectivity index (χ0) is 11.8. The number of ether oxygens (including phenoxy) is 2. The van der Waals surface area contributed by atoms with Crippen LogP contribution in [0.2, 0.25) is 0 Å². The average molecular weight is 220 g/mol. The zero-order valence-electron chi connectivity index (χ0n) is 9.44. The summed E-state index contributed by atoms with van der Waals surface area (Å²) < 4.78 is 10.5. The molecule has 0 atom stereocenters. The van der Waals surface area contributed by atoms with E-state index in [1.165, 1.54) is 0 Å². The SMILES string of the molecule is C=C(C=O)CCOCc1cccc(OC)c1. The second-order valence-corrected chi connectivity index (χ2v) is 3.43. The van der Waals surface area contributed by atoms with E-state index in [1.54, 1.807) is 7.11 Å². The Morgan fingerprint density at radius 3 is 3.00 bits per heavy atom. The second-order valence-electron chi connectivity index (χ2n) is 3.43. The lowest BCUT2D eigenvalue weighted by molar-refractivity contribution is -0.105. The van der Waals surface area contributed by atoms with Gasteiger partial charge in [0.25, 0.3) is 0 Å². The van der Waals surface area contributed by atoms with Crippen molar-refractivity contribution < 1.29 is 14.3 Å². The summed E-state index contributed by atoms with van der Waals surface area (Å²) in [5.74, 6) is 0.818. The first-order valence-electron chi connectivity index (χ1n) is 5.10. The van der Waals surface area contributed by atoms with Gasteiger partial charge in [-0.15, -0.1) is 0 Å². The summed E-state index contributed by atoms with van der Waals surface area (Å²) >= 11 is 0. The second kappa shape index (κ2) is 6.80. The molecule has 1 aromatic carbocycles. The fourth-order valence-electron chi connectivity index (χ4n) is 1.21. The number of hydrogen-bond acceptors (Lipinski definition) is 3. The lowest BCUT2D eigenvalue weighted by Gasteiger charge is -2.05. The maximum Gasteiger partial charge on any atom is 0.145 e. The minimum absolute atomic E-state index is 0.509. The molecular formula is C13H16O3. The van der Waals surface area contributed by atoms with Gasteiger partial charge < -0.3 is 9.47 Å². The van der Waals surface area contributed by atoms with Crippen LogP contribution in [-0.2, 0) is 16.1 Å². The smallest absolute Gasteiger partial charge is 0.145 e. The van der Waals surface area contributed by atoms with E-state index < -0.39 is 0 Å². The van der Waals surface area contributed by atoms with Crippen molar-refractivity contribution in [3.8, 4) is 5.75 Å². The third-order valence-corrected chi connectivity index (χ3v) is 2.14. The first-order valence-corrected chi connectivity index (χ1v) is 5.10. The normalized spacial score (nSPS) is 9.81. The summed E-state index contributed by atoms with van der Waals surface area (Å²) in [4.78, 5) is 10.3. The van der Waals surface area contributed by atoms with Crippen molar-refractivity contribution in [2.45, 2.75) is 13.0 Å². The van der Waals surface area contributed by atoms with E-state index in [9.17, 15) is 4.79 Å². The third-order valence-electron chi connectivity index (χ3n) is 2.14. The summed E-state index contributed by atoms with van der Waals surface area (Å²) in [7, 11) is 1.63. The van der Waals surface area contributed by atoms with Crippen LogP contribution < -0.4 is 4.74 Å². The number of methoxy groups -OCH3 is 1. The van der Waals surface area contributed by atoms with E-state index in [2.05, 4.69) is 6.58 Å². The molecule has 16 heavy (non-hydrogen) atoms. The van der Waals surface area contributed by atoms with Gasteiger partial charge in [-0.3, -0.25) is 4.79 Å². The van der Waals surface area contributed by atoms with Gasteiger partial charge in [0.15, 0.2) is 0 Å². The van der Waals surface area contributed by atoms with E-state index in [1.807, 2.05) is 24.3 Å². The Labute approximate surface area is 95.7 Å². The summed E-state index contributed by atoms with van der Waals surface area (Å²) in [6.45, 7) is 4.60. The molecule has 0 amide bonds. The number of rotatable bonds is 7. The lowest BCUT2D eigenvalue weighted by Crippen LogP contribution is -1.97. The van der Waals surface area contributed by atoms with Crippen molar-refractivity contribution in [3.05, 3.63) is 42.0 Å². The molecule has 0 bridgehead atoms. The predicted octanol–water partition coefficient (Wildman–Crippen LogP) is 2.36. The molecule has 0 radical (unpaired) electrons. The standard InChI is InChI=1S/C13H16O3/c1-11(9-14)6-7-16-10-12-4-3-5-13(8-12)15-2/h3-5,8-9H,1,6-7,10H2,2H3. The maximum absolute atomic E-state index is 10.3. The van der Waals surface area contributed by atoms with Crippen LogP contribution in [-0.4, -0.2) is 20.0 Å². The Bertz CT molecular complexity index is 358. The van der Waals surface area contributed by atoms with Crippen molar-refractivity contribution in [3.63, 3.8) is 0 Å². The topological polar surface area (TPSA) is 35.5 Å². The molecule has 0 heterocycles. The van der Waals surface area contributed by atoms with Gasteiger partial charge in [-0.1, -0.05) is 18.7 Å². The molecule has 86 valence electrons. The van der Waals surface area contributed by atoms with E-state index in [4.69, 9.17) is 9.47 Å². The Kier molecular flexibility index (Phi) is 5.29. The van der Waals surface area contributed by atoms with E-state index >= 15 is 0 Å². The van der Waals surface area contributed by atoms with E-state index in [-0.39, 0.29) is 0 Å². The number of benzene rings is 1. The third kappa shape index (κ3) is 4.28. The van der Waals surface area contributed by atoms with Crippen LogP contribution in [0, 0.1) is 0 Å². The first-order chi connectivity index (χ1) is 7.76. The van der Waals surface area contributed by atoms with Gasteiger partial charge in [0, 0.05) is 0 Å². The average Bonchev–Trinajstić information content (AvgIpc) is 2.34. The number of hydrogen-bond donors (Lipinski definition) is 0. The van der Waals surface area contributed by atoms with Crippen LogP contribution in [0.25, 0.3) is 0 Å². The van der Waals surface area contributed by atoms with Crippen molar-refractivity contribution >= 4 is 6.29 Å². The summed E-state index contributed by atoms with van der Waals surface area (Å²) in [5.41, 5.74) is 1.61. The highest BCUT2D eigenvalue weighted by molar-refractivity contribution is 5.71. The molecule has 0 aliphatic carbocycles. The van der Waals surface area contributed by atoms with Crippen molar-refractivity contribution in [2.75, 3.05) is 13.7 Å². The first kappa shape index (κ1) is 12.5. The molecule has 0 saturated carbocycles. The van der Waals surface area contributed by atoms with Crippen molar-refractivity contribution in [1.82, 2.24) is 0 Å². The van der Waals surface area contributed by atoms with Crippen LogP contribution in [0.3, 0.4) is 0 Å². The highest BCUT2D eigenvalue weighted by Gasteiger charge is 1.97. The Hall–Kier alpha value is -1.61. The Morgan fingerprint density at radius 1 is 1.50 bits per heavy atom. The van der Waals surface area contributed by atoms with Crippen LogP contribution >= 0.6 is 0 Å².